The Balaban J connectivity index is 1.65. The molecule has 4 aromatic rings. The van der Waals surface area contributed by atoms with Crippen LogP contribution in [0.5, 0.6) is 0 Å². The van der Waals surface area contributed by atoms with E-state index >= 15 is 0 Å². The third kappa shape index (κ3) is 3.71. The minimum Gasteiger partial charge on any atom is -0.345 e. The number of fused-ring (bicyclic) bond motifs is 1. The lowest BCUT2D eigenvalue weighted by Crippen LogP contribution is -2.29. The highest BCUT2D eigenvalue weighted by atomic mass is 32.1. The van der Waals surface area contributed by atoms with Crippen LogP contribution in [0.15, 0.2) is 54.0 Å². The Bertz CT molecular complexity index is 1100. The molecule has 2 aromatic heterocycles. The summed E-state index contributed by atoms with van der Waals surface area (Å²) in [5.41, 5.74) is 6.05. The van der Waals surface area contributed by atoms with Gasteiger partial charge in [0.05, 0.1) is 21.4 Å². The number of anilines is 4. The Labute approximate surface area is 165 Å². The minimum absolute atomic E-state index is 0.0364. The monoisotopic (exact) mass is 393 g/mol. The Morgan fingerprint density at radius 2 is 1.64 bits per heavy atom. The molecule has 0 saturated carbocycles. The van der Waals surface area contributed by atoms with Crippen molar-refractivity contribution >= 4 is 45.1 Å². The number of hydrogen-bond donors (Lipinski definition) is 4. The van der Waals surface area contributed by atoms with Crippen LogP contribution in [0.1, 0.15) is 19.4 Å². The van der Waals surface area contributed by atoms with Crippen LogP contribution in [-0.4, -0.2) is 25.1 Å². The fraction of sp³-hybridized carbons (Fsp3) is 0.158. The maximum atomic E-state index is 9.34. The first-order valence-corrected chi connectivity index (χ1v) is 9.52. The summed E-state index contributed by atoms with van der Waals surface area (Å²) in [5, 5.41) is 15.8. The second-order valence-electron chi connectivity index (χ2n) is 6.66. The summed E-state index contributed by atoms with van der Waals surface area (Å²) in [6, 6.07) is 15.8. The van der Waals surface area contributed by atoms with Gasteiger partial charge in [-0.1, -0.05) is 36.4 Å². The van der Waals surface area contributed by atoms with E-state index < -0.39 is 5.54 Å². The zero-order valence-electron chi connectivity index (χ0n) is 15.3. The molecule has 0 saturated heterocycles. The van der Waals surface area contributed by atoms with Crippen LogP contribution in [0.3, 0.4) is 0 Å². The van der Waals surface area contributed by atoms with Gasteiger partial charge in [0, 0.05) is 0 Å². The molecule has 28 heavy (non-hydrogen) atoms. The van der Waals surface area contributed by atoms with Crippen LogP contribution in [0, 0.1) is 0 Å². The molecule has 142 valence electrons. The van der Waals surface area contributed by atoms with Gasteiger partial charge in [0.25, 0.3) is 5.95 Å². The zero-order chi connectivity index (χ0) is 19.6. The lowest BCUT2D eigenvalue weighted by atomic mass is 9.95. The molecular weight excluding hydrogens is 374 g/mol. The molecule has 0 aliphatic rings. The predicted molar refractivity (Wildman–Crippen MR) is 111 cm³/mol. The molecule has 8 nitrogen and oxygen atoms in total. The smallest absolute Gasteiger partial charge is 0.253 e. The molecule has 0 spiro atoms. The predicted octanol–water partition coefficient (Wildman–Crippen LogP) is 4.37. The Morgan fingerprint density at radius 1 is 0.893 bits per heavy atom. The van der Waals surface area contributed by atoms with Gasteiger partial charge < -0.3 is 10.6 Å². The number of aromatic nitrogens is 4. The number of hydrogen-bond acceptors (Lipinski definition) is 9. The van der Waals surface area contributed by atoms with Gasteiger partial charge in [0.15, 0.2) is 0 Å². The van der Waals surface area contributed by atoms with Crippen molar-refractivity contribution in [1.82, 2.24) is 19.9 Å². The van der Waals surface area contributed by atoms with Crippen molar-refractivity contribution in [3.05, 3.63) is 59.6 Å². The topological polar surface area (TPSA) is 108 Å². The molecule has 0 bridgehead atoms. The highest BCUT2D eigenvalue weighted by Crippen LogP contribution is 2.28. The molecule has 0 amide bonds. The number of nitrogens with zero attached hydrogens (tertiary/aromatic N) is 4. The van der Waals surface area contributed by atoms with Crippen molar-refractivity contribution in [2.24, 2.45) is 0 Å². The van der Waals surface area contributed by atoms with E-state index in [9.17, 15) is 5.21 Å². The van der Waals surface area contributed by atoms with Crippen LogP contribution in [0.4, 0.5) is 23.5 Å². The molecule has 0 radical (unpaired) electrons. The van der Waals surface area contributed by atoms with Gasteiger partial charge in [-0.15, -0.1) is 11.3 Å². The van der Waals surface area contributed by atoms with Gasteiger partial charge in [0.2, 0.25) is 11.9 Å². The summed E-state index contributed by atoms with van der Waals surface area (Å²) in [4.78, 5) is 17.2. The fourth-order valence-electron chi connectivity index (χ4n) is 2.85. The number of benzene rings is 2. The van der Waals surface area contributed by atoms with Crippen molar-refractivity contribution < 1.29 is 5.21 Å². The Hall–Kier alpha value is -3.30. The summed E-state index contributed by atoms with van der Waals surface area (Å²) in [6.07, 6.45) is 0. The van der Waals surface area contributed by atoms with E-state index in [1.165, 1.54) is 0 Å². The first kappa shape index (κ1) is 18.1. The van der Waals surface area contributed by atoms with Crippen LogP contribution in [-0.2, 0) is 5.54 Å². The van der Waals surface area contributed by atoms with Gasteiger partial charge in [0.1, 0.15) is 5.52 Å². The molecule has 0 atom stereocenters. The first-order chi connectivity index (χ1) is 13.5. The van der Waals surface area contributed by atoms with E-state index in [0.717, 1.165) is 21.5 Å². The molecule has 4 rings (SSSR count). The molecule has 2 aromatic carbocycles. The summed E-state index contributed by atoms with van der Waals surface area (Å²) < 4.78 is 1.06. The summed E-state index contributed by atoms with van der Waals surface area (Å²) in [6.45, 7) is 4.06. The average Bonchev–Trinajstić information content (AvgIpc) is 3.18. The zero-order valence-corrected chi connectivity index (χ0v) is 16.2. The molecular formula is C19H19N7OS. The van der Waals surface area contributed by atoms with Crippen LogP contribution < -0.4 is 16.1 Å². The van der Waals surface area contributed by atoms with Crippen molar-refractivity contribution in [2.45, 2.75) is 19.4 Å². The summed E-state index contributed by atoms with van der Waals surface area (Å²) >= 11 is 1.56. The molecule has 4 N–H and O–H groups in total. The Kier molecular flexibility index (Phi) is 4.76. The summed E-state index contributed by atoms with van der Waals surface area (Å²) in [5.74, 6) is 0.654. The number of thiazole rings is 1. The van der Waals surface area contributed by atoms with Crippen LogP contribution in [0.25, 0.3) is 10.2 Å². The van der Waals surface area contributed by atoms with E-state index in [2.05, 4.69) is 30.6 Å². The van der Waals surface area contributed by atoms with E-state index in [-0.39, 0.29) is 5.95 Å². The number of para-hydroxylation sites is 1. The van der Waals surface area contributed by atoms with Crippen molar-refractivity contribution in [3.63, 3.8) is 0 Å². The van der Waals surface area contributed by atoms with E-state index in [1.807, 2.05) is 67.9 Å². The Morgan fingerprint density at radius 3 is 2.43 bits per heavy atom. The second-order valence-corrected chi connectivity index (χ2v) is 7.55. The van der Waals surface area contributed by atoms with Crippen LogP contribution in [0.2, 0.25) is 0 Å². The fourth-order valence-corrected chi connectivity index (χ4v) is 3.56. The maximum Gasteiger partial charge on any atom is 0.253 e. The van der Waals surface area contributed by atoms with E-state index in [4.69, 9.17) is 0 Å². The van der Waals surface area contributed by atoms with Gasteiger partial charge in [-0.2, -0.15) is 15.0 Å². The van der Waals surface area contributed by atoms with Gasteiger partial charge in [-0.3, -0.25) is 5.21 Å². The molecule has 2 heterocycles. The molecule has 0 unspecified atom stereocenters. The lowest BCUT2D eigenvalue weighted by molar-refractivity contribution is 0.382. The third-order valence-corrected chi connectivity index (χ3v) is 5.06. The van der Waals surface area contributed by atoms with E-state index in [1.54, 1.807) is 16.8 Å². The molecule has 0 aliphatic carbocycles. The number of nitrogens with one attached hydrogen (secondary N) is 3. The van der Waals surface area contributed by atoms with Gasteiger partial charge >= 0.3 is 0 Å². The normalized spacial score (nSPS) is 11.4. The quantitative estimate of drug-likeness (QED) is 0.358. The number of rotatable bonds is 6. The first-order valence-electron chi connectivity index (χ1n) is 8.64. The standard InChI is InChI=1S/C19H19N7OS/c1-19(2,12-7-4-3-5-8-12)25-17-22-16(23-18(24-17)26-27)21-13-9-6-10-14-15(13)20-11-28-14/h3-11,27H,1-2H3,(H3,21,22,23,24,25,26). The second kappa shape index (κ2) is 7.37. The third-order valence-electron chi connectivity index (χ3n) is 4.26. The molecule has 0 aliphatic heterocycles. The van der Waals surface area contributed by atoms with E-state index in [0.29, 0.717) is 11.9 Å². The lowest BCUT2D eigenvalue weighted by Gasteiger charge is -2.27. The summed E-state index contributed by atoms with van der Waals surface area (Å²) in [7, 11) is 0. The SMILES string of the molecule is CC(C)(Nc1nc(NO)nc(Nc2cccc3scnc23)n1)c1ccccc1. The maximum absolute atomic E-state index is 9.34. The largest absolute Gasteiger partial charge is 0.345 e. The van der Waals surface area contributed by atoms with Crippen molar-refractivity contribution in [1.29, 1.82) is 0 Å². The highest BCUT2D eigenvalue weighted by molar-refractivity contribution is 7.16. The minimum atomic E-state index is -0.429. The van der Waals surface area contributed by atoms with Crippen molar-refractivity contribution in [3.8, 4) is 0 Å². The van der Waals surface area contributed by atoms with Crippen LogP contribution >= 0.6 is 11.3 Å². The van der Waals surface area contributed by atoms with Gasteiger partial charge in [-0.05, 0) is 31.5 Å². The van der Waals surface area contributed by atoms with Crippen molar-refractivity contribution in [2.75, 3.05) is 16.1 Å². The molecule has 9 heteroatoms. The molecule has 0 fully saturated rings. The average molecular weight is 393 g/mol. The highest BCUT2D eigenvalue weighted by Gasteiger charge is 2.22. The van der Waals surface area contributed by atoms with Gasteiger partial charge in [-0.25, -0.2) is 10.5 Å².